The first kappa shape index (κ1) is 10.4. The summed E-state index contributed by atoms with van der Waals surface area (Å²) in [7, 11) is 0. The van der Waals surface area contributed by atoms with Gasteiger partial charge in [0.05, 0.1) is 5.69 Å². The highest BCUT2D eigenvalue weighted by atomic mass is 79.9. The van der Waals surface area contributed by atoms with Gasteiger partial charge in [0.25, 0.3) is 0 Å². The van der Waals surface area contributed by atoms with Gasteiger partial charge in [0.1, 0.15) is 5.82 Å². The quantitative estimate of drug-likeness (QED) is 0.761. The summed E-state index contributed by atoms with van der Waals surface area (Å²) in [5.41, 5.74) is 3.49. The molecule has 0 aliphatic carbocycles. The van der Waals surface area contributed by atoms with Gasteiger partial charge in [-0.15, -0.1) is 0 Å². The monoisotopic (exact) mass is 264 g/mol. The molecule has 2 rings (SSSR count). The SMILES string of the molecule is Cc1nc(CBr)c(C)n1-c1ccccc1. The number of rotatable bonds is 2. The Kier molecular flexibility index (Phi) is 2.91. The van der Waals surface area contributed by atoms with Gasteiger partial charge in [-0.05, 0) is 26.0 Å². The molecule has 1 aromatic carbocycles. The zero-order valence-electron chi connectivity index (χ0n) is 8.87. The van der Waals surface area contributed by atoms with Crippen LogP contribution in [-0.2, 0) is 5.33 Å². The maximum Gasteiger partial charge on any atom is 0.110 e. The number of hydrogen-bond donors (Lipinski definition) is 0. The first-order chi connectivity index (χ1) is 7.24. The lowest BCUT2D eigenvalue weighted by Crippen LogP contribution is -1.98. The Morgan fingerprint density at radius 1 is 1.20 bits per heavy atom. The molecule has 0 radical (unpaired) electrons. The van der Waals surface area contributed by atoms with Gasteiger partial charge in [-0.2, -0.15) is 0 Å². The van der Waals surface area contributed by atoms with Crippen molar-refractivity contribution in [2.75, 3.05) is 0 Å². The third-order valence-electron chi connectivity index (χ3n) is 2.51. The molecule has 0 fully saturated rings. The van der Waals surface area contributed by atoms with Gasteiger partial charge in [-0.25, -0.2) is 4.98 Å². The molecular weight excluding hydrogens is 252 g/mol. The van der Waals surface area contributed by atoms with Gasteiger partial charge in [0.15, 0.2) is 0 Å². The molecule has 2 aromatic rings. The van der Waals surface area contributed by atoms with E-state index in [1.807, 2.05) is 25.1 Å². The van der Waals surface area contributed by atoms with Gasteiger partial charge < -0.3 is 4.57 Å². The maximum atomic E-state index is 4.52. The predicted molar refractivity (Wildman–Crippen MR) is 65.7 cm³/mol. The average Bonchev–Trinajstić information content (AvgIpc) is 2.55. The molecule has 0 aliphatic rings. The molecule has 0 amide bonds. The second-order valence-corrected chi connectivity index (χ2v) is 4.06. The summed E-state index contributed by atoms with van der Waals surface area (Å²) < 4.78 is 2.18. The maximum absolute atomic E-state index is 4.52. The number of alkyl halides is 1. The fraction of sp³-hybridized carbons (Fsp3) is 0.250. The highest BCUT2D eigenvalue weighted by molar-refractivity contribution is 9.08. The van der Waals surface area contributed by atoms with E-state index < -0.39 is 0 Å². The molecule has 0 N–H and O–H groups in total. The minimum absolute atomic E-state index is 0.805. The van der Waals surface area contributed by atoms with Crippen molar-refractivity contribution < 1.29 is 0 Å². The molecule has 0 unspecified atom stereocenters. The van der Waals surface area contributed by atoms with Crippen LogP contribution in [0.25, 0.3) is 5.69 Å². The minimum atomic E-state index is 0.805. The van der Waals surface area contributed by atoms with Gasteiger partial charge >= 0.3 is 0 Å². The summed E-state index contributed by atoms with van der Waals surface area (Å²) in [4.78, 5) is 4.52. The summed E-state index contributed by atoms with van der Waals surface area (Å²) in [5, 5.41) is 0.805. The highest BCUT2D eigenvalue weighted by Crippen LogP contribution is 2.18. The van der Waals surface area contributed by atoms with E-state index in [0.717, 1.165) is 16.8 Å². The number of nitrogens with zero attached hydrogens (tertiary/aromatic N) is 2. The zero-order chi connectivity index (χ0) is 10.8. The minimum Gasteiger partial charge on any atom is -0.301 e. The smallest absolute Gasteiger partial charge is 0.110 e. The molecule has 0 spiro atoms. The second kappa shape index (κ2) is 4.19. The number of halogens is 1. The Morgan fingerprint density at radius 2 is 1.87 bits per heavy atom. The Hall–Kier alpha value is -1.09. The van der Waals surface area contributed by atoms with Gasteiger partial charge in [0, 0.05) is 16.7 Å². The third kappa shape index (κ3) is 1.84. The highest BCUT2D eigenvalue weighted by Gasteiger charge is 2.10. The topological polar surface area (TPSA) is 17.8 Å². The van der Waals surface area contributed by atoms with Gasteiger partial charge in [-0.1, -0.05) is 34.1 Å². The number of aromatic nitrogens is 2. The molecule has 78 valence electrons. The van der Waals surface area contributed by atoms with Crippen molar-refractivity contribution >= 4 is 15.9 Å². The number of hydrogen-bond acceptors (Lipinski definition) is 1. The van der Waals surface area contributed by atoms with E-state index in [-0.39, 0.29) is 0 Å². The zero-order valence-corrected chi connectivity index (χ0v) is 10.5. The summed E-state index contributed by atoms with van der Waals surface area (Å²) >= 11 is 3.45. The molecular formula is C12H13BrN2. The lowest BCUT2D eigenvalue weighted by atomic mass is 10.3. The van der Waals surface area contributed by atoms with Crippen molar-refractivity contribution in [2.45, 2.75) is 19.2 Å². The van der Waals surface area contributed by atoms with Crippen molar-refractivity contribution in [3.63, 3.8) is 0 Å². The Balaban J connectivity index is 2.58. The summed E-state index contributed by atoms with van der Waals surface area (Å²) in [5.74, 6) is 1.04. The Labute approximate surface area is 98.1 Å². The summed E-state index contributed by atoms with van der Waals surface area (Å²) in [6, 6.07) is 10.3. The van der Waals surface area contributed by atoms with E-state index in [4.69, 9.17) is 0 Å². The van der Waals surface area contributed by atoms with Crippen LogP contribution in [0, 0.1) is 13.8 Å². The number of para-hydroxylation sites is 1. The van der Waals surface area contributed by atoms with Crippen LogP contribution < -0.4 is 0 Å². The molecule has 0 saturated carbocycles. The number of benzene rings is 1. The fourth-order valence-electron chi connectivity index (χ4n) is 1.78. The summed E-state index contributed by atoms with van der Waals surface area (Å²) in [6.45, 7) is 4.13. The Bertz CT molecular complexity index is 460. The lowest BCUT2D eigenvalue weighted by molar-refractivity contribution is 0.940. The first-order valence-corrected chi connectivity index (χ1v) is 6.02. The molecule has 1 heterocycles. The molecule has 0 atom stereocenters. The van der Waals surface area contributed by atoms with E-state index in [0.29, 0.717) is 0 Å². The van der Waals surface area contributed by atoms with Crippen LogP contribution in [0.1, 0.15) is 17.2 Å². The predicted octanol–water partition coefficient (Wildman–Crippen LogP) is 3.38. The standard InChI is InChI=1S/C12H13BrN2/c1-9-12(8-13)14-10(2)15(9)11-6-4-3-5-7-11/h3-7H,8H2,1-2H3. The van der Waals surface area contributed by atoms with Crippen LogP contribution in [0.2, 0.25) is 0 Å². The molecule has 1 aromatic heterocycles. The van der Waals surface area contributed by atoms with Crippen molar-refractivity contribution in [1.82, 2.24) is 9.55 Å². The van der Waals surface area contributed by atoms with Gasteiger partial charge in [-0.3, -0.25) is 0 Å². The summed E-state index contributed by atoms with van der Waals surface area (Å²) in [6.07, 6.45) is 0. The fourth-order valence-corrected chi connectivity index (χ4v) is 2.31. The van der Waals surface area contributed by atoms with Crippen LogP contribution in [0.15, 0.2) is 30.3 Å². The normalized spacial score (nSPS) is 10.6. The van der Waals surface area contributed by atoms with E-state index in [1.165, 1.54) is 11.4 Å². The van der Waals surface area contributed by atoms with Crippen molar-refractivity contribution in [2.24, 2.45) is 0 Å². The molecule has 2 nitrogen and oxygen atoms in total. The van der Waals surface area contributed by atoms with E-state index >= 15 is 0 Å². The molecule has 0 saturated heterocycles. The molecule has 0 bridgehead atoms. The molecule has 0 aliphatic heterocycles. The van der Waals surface area contributed by atoms with Crippen molar-refractivity contribution in [3.05, 3.63) is 47.5 Å². The third-order valence-corrected chi connectivity index (χ3v) is 3.05. The van der Waals surface area contributed by atoms with Gasteiger partial charge in [0.2, 0.25) is 0 Å². The first-order valence-electron chi connectivity index (χ1n) is 4.90. The van der Waals surface area contributed by atoms with Crippen LogP contribution >= 0.6 is 15.9 Å². The van der Waals surface area contributed by atoms with Crippen LogP contribution in [0.3, 0.4) is 0 Å². The van der Waals surface area contributed by atoms with Crippen LogP contribution in [-0.4, -0.2) is 9.55 Å². The van der Waals surface area contributed by atoms with Crippen molar-refractivity contribution in [1.29, 1.82) is 0 Å². The van der Waals surface area contributed by atoms with Crippen LogP contribution in [0.4, 0.5) is 0 Å². The van der Waals surface area contributed by atoms with E-state index in [9.17, 15) is 0 Å². The molecule has 15 heavy (non-hydrogen) atoms. The van der Waals surface area contributed by atoms with Crippen LogP contribution in [0.5, 0.6) is 0 Å². The Morgan fingerprint density at radius 3 is 2.40 bits per heavy atom. The average molecular weight is 265 g/mol. The lowest BCUT2D eigenvalue weighted by Gasteiger charge is -2.07. The largest absolute Gasteiger partial charge is 0.301 e. The van der Waals surface area contributed by atoms with E-state index in [1.54, 1.807) is 0 Å². The number of imidazole rings is 1. The number of aryl methyl sites for hydroxylation is 1. The molecule has 3 heteroatoms. The van der Waals surface area contributed by atoms with Crippen molar-refractivity contribution in [3.8, 4) is 5.69 Å². The van der Waals surface area contributed by atoms with E-state index in [2.05, 4.69) is 44.5 Å². The second-order valence-electron chi connectivity index (χ2n) is 3.50.